The van der Waals surface area contributed by atoms with Gasteiger partial charge in [-0.2, -0.15) is 0 Å². The molecule has 0 rings (SSSR count). The smallest absolute Gasteiger partial charge is 0.222 e. The molecule has 0 aliphatic carbocycles. The fourth-order valence-corrected chi connectivity index (χ4v) is 4.71. The number of allylic oxidation sites excluding steroid dienone is 3. The molecule has 5 heteroatoms. The van der Waals surface area contributed by atoms with Crippen molar-refractivity contribution in [3.63, 3.8) is 0 Å². The molecule has 0 radical (unpaired) electrons. The van der Waals surface area contributed by atoms with E-state index in [4.69, 9.17) is 0 Å². The van der Waals surface area contributed by atoms with Crippen molar-refractivity contribution in [3.05, 3.63) is 24.3 Å². The van der Waals surface area contributed by atoms with Crippen LogP contribution in [-0.2, 0) is 4.79 Å². The zero-order valence-electron chi connectivity index (χ0n) is 25.1. The lowest BCUT2D eigenvalue weighted by molar-refractivity contribution is -0.124. The van der Waals surface area contributed by atoms with Gasteiger partial charge < -0.3 is 20.6 Å². The highest BCUT2D eigenvalue weighted by molar-refractivity contribution is 5.76. The van der Waals surface area contributed by atoms with Crippen molar-refractivity contribution in [2.45, 2.75) is 173 Å². The van der Waals surface area contributed by atoms with Crippen molar-refractivity contribution in [2.75, 3.05) is 6.61 Å². The van der Waals surface area contributed by atoms with Gasteiger partial charge in [-0.05, 0) is 32.1 Å². The topological polar surface area (TPSA) is 89.8 Å². The van der Waals surface area contributed by atoms with Gasteiger partial charge in [-0.3, -0.25) is 4.79 Å². The molecule has 4 N–H and O–H groups in total. The Labute approximate surface area is 235 Å². The number of aliphatic hydroxyl groups excluding tert-OH is 3. The van der Waals surface area contributed by atoms with Crippen molar-refractivity contribution < 1.29 is 20.1 Å². The lowest BCUT2D eigenvalue weighted by atomic mass is 10.0. The molecule has 0 aromatic carbocycles. The first-order valence-corrected chi connectivity index (χ1v) is 16.1. The second-order valence-corrected chi connectivity index (χ2v) is 11.1. The molecule has 0 aromatic rings. The zero-order valence-corrected chi connectivity index (χ0v) is 25.1. The van der Waals surface area contributed by atoms with Gasteiger partial charge in [0.15, 0.2) is 0 Å². The lowest BCUT2D eigenvalue weighted by Gasteiger charge is -2.21. The van der Waals surface area contributed by atoms with Gasteiger partial charge in [0.25, 0.3) is 0 Å². The molecule has 0 saturated heterocycles. The Morgan fingerprint density at radius 3 is 1.68 bits per heavy atom. The summed E-state index contributed by atoms with van der Waals surface area (Å²) in [6, 6.07) is -0.753. The Hall–Kier alpha value is -1.17. The minimum absolute atomic E-state index is 0.00818. The Kier molecular flexibility index (Phi) is 27.9. The second kappa shape index (κ2) is 28.8. The summed E-state index contributed by atoms with van der Waals surface area (Å²) in [7, 11) is 0. The van der Waals surface area contributed by atoms with Crippen LogP contribution in [0.25, 0.3) is 0 Å². The maximum atomic E-state index is 12.3. The number of aliphatic hydroxyl groups is 3. The molecular formula is C33H63NO4. The molecule has 0 fully saturated rings. The quantitative estimate of drug-likeness (QED) is 0.0603. The zero-order chi connectivity index (χ0) is 28.1. The van der Waals surface area contributed by atoms with E-state index in [2.05, 4.69) is 31.3 Å². The van der Waals surface area contributed by atoms with Crippen molar-refractivity contribution in [1.82, 2.24) is 5.32 Å². The molecule has 0 heterocycles. The molecule has 1 amide bonds. The van der Waals surface area contributed by atoms with Crippen molar-refractivity contribution in [3.8, 4) is 0 Å². The van der Waals surface area contributed by atoms with E-state index in [1.807, 2.05) is 6.08 Å². The largest absolute Gasteiger partial charge is 0.394 e. The summed E-state index contributed by atoms with van der Waals surface area (Å²) in [4.78, 5) is 12.3. The molecule has 0 aliphatic heterocycles. The van der Waals surface area contributed by atoms with E-state index in [0.717, 1.165) is 32.1 Å². The van der Waals surface area contributed by atoms with Gasteiger partial charge in [0, 0.05) is 0 Å². The molecule has 0 aliphatic rings. The summed E-state index contributed by atoms with van der Waals surface area (Å²) >= 11 is 0. The standard InChI is InChI=1S/C33H63NO4/c1-3-5-7-9-11-13-15-16-17-18-20-22-24-26-30(36)28-33(38)34-31(29-35)32(37)27-25-23-21-19-14-12-10-8-6-4-2/h14,19,25,27,30-32,35-37H,3-13,15-18,20-24,26,28-29H2,1-2H3,(H,34,38)/b19-14+,27-25+. The number of amides is 1. The van der Waals surface area contributed by atoms with Crippen LogP contribution >= 0.6 is 0 Å². The predicted octanol–water partition coefficient (Wildman–Crippen LogP) is 7.92. The summed E-state index contributed by atoms with van der Waals surface area (Å²) < 4.78 is 0. The van der Waals surface area contributed by atoms with Gasteiger partial charge in [-0.15, -0.1) is 0 Å². The third-order valence-corrected chi connectivity index (χ3v) is 7.24. The van der Waals surface area contributed by atoms with Crippen molar-refractivity contribution in [1.29, 1.82) is 0 Å². The molecular weight excluding hydrogens is 474 g/mol. The van der Waals surface area contributed by atoms with E-state index in [-0.39, 0.29) is 18.9 Å². The predicted molar refractivity (Wildman–Crippen MR) is 162 cm³/mol. The van der Waals surface area contributed by atoms with Gasteiger partial charge in [0.2, 0.25) is 5.91 Å². The SMILES string of the molecule is CCCCCC/C=C/CC/C=C/C(O)C(CO)NC(=O)CC(O)CCCCCCCCCCCCCCC. The highest BCUT2D eigenvalue weighted by Crippen LogP contribution is 2.14. The maximum absolute atomic E-state index is 12.3. The Morgan fingerprint density at radius 1 is 0.658 bits per heavy atom. The lowest BCUT2D eigenvalue weighted by Crippen LogP contribution is -2.45. The maximum Gasteiger partial charge on any atom is 0.222 e. The third kappa shape index (κ3) is 25.1. The van der Waals surface area contributed by atoms with Crippen LogP contribution in [0.3, 0.4) is 0 Å². The Morgan fingerprint density at radius 2 is 1.13 bits per heavy atom. The number of hydrogen-bond donors (Lipinski definition) is 4. The van der Waals surface area contributed by atoms with E-state index in [1.165, 1.54) is 96.3 Å². The van der Waals surface area contributed by atoms with Gasteiger partial charge in [-0.25, -0.2) is 0 Å². The number of rotatable bonds is 28. The fourth-order valence-electron chi connectivity index (χ4n) is 4.71. The van der Waals surface area contributed by atoms with Gasteiger partial charge in [0.1, 0.15) is 0 Å². The van der Waals surface area contributed by atoms with E-state index < -0.39 is 18.2 Å². The fraction of sp³-hybridized carbons (Fsp3) is 0.848. The Bertz CT molecular complexity index is 563. The first-order valence-electron chi connectivity index (χ1n) is 16.1. The molecule has 0 bridgehead atoms. The summed E-state index contributed by atoms with van der Waals surface area (Å²) in [5.74, 6) is -0.329. The molecule has 0 saturated carbocycles. The molecule has 3 atom stereocenters. The molecule has 224 valence electrons. The highest BCUT2D eigenvalue weighted by Gasteiger charge is 2.20. The molecule has 3 unspecified atom stereocenters. The van der Waals surface area contributed by atoms with E-state index >= 15 is 0 Å². The summed E-state index contributed by atoms with van der Waals surface area (Å²) in [5, 5.41) is 32.8. The van der Waals surface area contributed by atoms with Crippen LogP contribution in [0.5, 0.6) is 0 Å². The van der Waals surface area contributed by atoms with E-state index in [9.17, 15) is 20.1 Å². The van der Waals surface area contributed by atoms with Crippen LogP contribution in [-0.4, -0.2) is 46.1 Å². The average Bonchev–Trinajstić information content (AvgIpc) is 2.90. The van der Waals surface area contributed by atoms with Gasteiger partial charge in [0.05, 0.1) is 31.3 Å². The minimum Gasteiger partial charge on any atom is -0.394 e. The number of carbonyl (C=O) groups excluding carboxylic acids is 1. The number of unbranched alkanes of at least 4 members (excludes halogenated alkanes) is 17. The number of carbonyl (C=O) groups is 1. The summed E-state index contributed by atoms with van der Waals surface area (Å²) in [6.45, 7) is 4.13. The average molecular weight is 538 g/mol. The van der Waals surface area contributed by atoms with Crippen LogP contribution in [0.1, 0.15) is 155 Å². The van der Waals surface area contributed by atoms with Crippen LogP contribution < -0.4 is 5.32 Å². The monoisotopic (exact) mass is 537 g/mol. The first kappa shape index (κ1) is 36.8. The molecule has 5 nitrogen and oxygen atoms in total. The second-order valence-electron chi connectivity index (χ2n) is 11.1. The molecule has 0 aromatic heterocycles. The normalized spacial score (nSPS) is 14.3. The highest BCUT2D eigenvalue weighted by atomic mass is 16.3. The first-order chi connectivity index (χ1) is 18.5. The number of nitrogens with one attached hydrogen (secondary N) is 1. The van der Waals surface area contributed by atoms with Gasteiger partial charge in [-0.1, -0.05) is 141 Å². The summed E-state index contributed by atoms with van der Waals surface area (Å²) in [5.41, 5.74) is 0. The van der Waals surface area contributed by atoms with Crippen molar-refractivity contribution >= 4 is 5.91 Å². The van der Waals surface area contributed by atoms with Crippen LogP contribution in [0.15, 0.2) is 24.3 Å². The van der Waals surface area contributed by atoms with E-state index in [0.29, 0.717) is 6.42 Å². The van der Waals surface area contributed by atoms with Crippen molar-refractivity contribution in [2.24, 2.45) is 0 Å². The Balaban J connectivity index is 3.81. The summed E-state index contributed by atoms with van der Waals surface area (Å²) in [6.07, 6.45) is 31.6. The minimum atomic E-state index is -0.944. The molecule has 0 spiro atoms. The number of hydrogen-bond acceptors (Lipinski definition) is 4. The third-order valence-electron chi connectivity index (χ3n) is 7.24. The van der Waals surface area contributed by atoms with E-state index in [1.54, 1.807) is 6.08 Å². The van der Waals surface area contributed by atoms with Gasteiger partial charge >= 0.3 is 0 Å². The van der Waals surface area contributed by atoms with Crippen LogP contribution in [0.4, 0.5) is 0 Å². The van der Waals surface area contributed by atoms with Crippen LogP contribution in [0.2, 0.25) is 0 Å². The molecule has 38 heavy (non-hydrogen) atoms. The van der Waals surface area contributed by atoms with Crippen LogP contribution in [0, 0.1) is 0 Å².